The summed E-state index contributed by atoms with van der Waals surface area (Å²) in [6.07, 6.45) is 4.60. The zero-order valence-corrected chi connectivity index (χ0v) is 10.3. The first-order valence-corrected chi connectivity index (χ1v) is 6.46. The maximum Gasteiger partial charge on any atom is 0.107 e. The quantitative estimate of drug-likeness (QED) is 0.846. The molecule has 1 heterocycles. The number of hydrogen-bond acceptors (Lipinski definition) is 2. The highest BCUT2D eigenvalue weighted by Crippen LogP contribution is 2.47. The van der Waals surface area contributed by atoms with E-state index >= 15 is 0 Å². The van der Waals surface area contributed by atoms with Crippen molar-refractivity contribution in [3.8, 4) is 0 Å². The van der Waals surface area contributed by atoms with Gasteiger partial charge in [0.25, 0.3) is 0 Å². The minimum absolute atomic E-state index is 0.268. The van der Waals surface area contributed by atoms with E-state index in [0.717, 1.165) is 36.2 Å². The average molecular weight is 229 g/mol. The molecule has 1 aromatic heterocycles. The predicted molar refractivity (Wildman–Crippen MR) is 70.1 cm³/mol. The maximum atomic E-state index is 5.87. The summed E-state index contributed by atoms with van der Waals surface area (Å²) < 4.78 is 0. The van der Waals surface area contributed by atoms with Crippen LogP contribution in [0.3, 0.4) is 0 Å². The molecule has 3 N–H and O–H groups in total. The lowest BCUT2D eigenvalue weighted by Crippen LogP contribution is -2.19. The monoisotopic (exact) mass is 229 g/mol. The molecular weight excluding hydrogens is 210 g/mol. The van der Waals surface area contributed by atoms with Crippen molar-refractivity contribution in [2.45, 2.75) is 38.0 Å². The summed E-state index contributed by atoms with van der Waals surface area (Å²) in [5, 5.41) is 0. The standard InChI is InChI=1S/C14H19N3/c1-2-3-13-16-11-5-4-10(8-12(11)17-13)14(9-15)6-7-14/h4-5,8H,2-3,6-7,9,15H2,1H3,(H,16,17). The highest BCUT2D eigenvalue weighted by Gasteiger charge is 2.42. The molecule has 1 fully saturated rings. The molecule has 0 saturated heterocycles. The summed E-state index contributed by atoms with van der Waals surface area (Å²) in [6.45, 7) is 2.93. The molecule has 1 aromatic carbocycles. The molecule has 90 valence electrons. The third-order valence-corrected chi connectivity index (χ3v) is 3.87. The van der Waals surface area contributed by atoms with Crippen LogP contribution in [0.2, 0.25) is 0 Å². The Kier molecular flexibility index (Phi) is 2.44. The number of nitrogens with zero attached hydrogens (tertiary/aromatic N) is 1. The Bertz CT molecular complexity index is 537. The van der Waals surface area contributed by atoms with Crippen LogP contribution < -0.4 is 5.73 Å². The molecule has 3 heteroatoms. The SMILES string of the molecule is CCCc1nc2ccc(C3(CN)CC3)cc2[nH]1. The Morgan fingerprint density at radius 3 is 2.88 bits per heavy atom. The van der Waals surface area contributed by atoms with E-state index in [1.54, 1.807) is 0 Å². The van der Waals surface area contributed by atoms with E-state index in [1.165, 1.54) is 18.4 Å². The number of aromatic nitrogens is 2. The first kappa shape index (κ1) is 10.8. The van der Waals surface area contributed by atoms with Crippen molar-refractivity contribution >= 4 is 11.0 Å². The van der Waals surface area contributed by atoms with E-state index in [4.69, 9.17) is 5.73 Å². The first-order valence-electron chi connectivity index (χ1n) is 6.46. The van der Waals surface area contributed by atoms with Gasteiger partial charge in [-0.3, -0.25) is 0 Å². The van der Waals surface area contributed by atoms with Gasteiger partial charge in [0.2, 0.25) is 0 Å². The molecule has 3 rings (SSSR count). The highest BCUT2D eigenvalue weighted by molar-refractivity contribution is 5.76. The number of H-pyrrole nitrogens is 1. The number of hydrogen-bond donors (Lipinski definition) is 2. The van der Waals surface area contributed by atoms with E-state index in [0.29, 0.717) is 0 Å². The fraction of sp³-hybridized carbons (Fsp3) is 0.500. The topological polar surface area (TPSA) is 54.7 Å². The molecule has 2 aromatic rings. The van der Waals surface area contributed by atoms with Gasteiger partial charge < -0.3 is 10.7 Å². The molecule has 0 atom stereocenters. The number of aryl methyl sites for hydroxylation is 1. The second kappa shape index (κ2) is 3.84. The van der Waals surface area contributed by atoms with Crippen molar-refractivity contribution in [1.82, 2.24) is 9.97 Å². The Morgan fingerprint density at radius 2 is 2.24 bits per heavy atom. The van der Waals surface area contributed by atoms with Gasteiger partial charge in [-0.15, -0.1) is 0 Å². The van der Waals surface area contributed by atoms with Crippen LogP contribution in [-0.4, -0.2) is 16.5 Å². The number of rotatable bonds is 4. The molecule has 0 bridgehead atoms. The lowest BCUT2D eigenvalue weighted by Gasteiger charge is -2.12. The van der Waals surface area contributed by atoms with Gasteiger partial charge in [-0.25, -0.2) is 4.98 Å². The molecule has 0 radical (unpaired) electrons. The zero-order valence-electron chi connectivity index (χ0n) is 10.3. The summed E-state index contributed by atoms with van der Waals surface area (Å²) in [5.74, 6) is 1.09. The number of aromatic amines is 1. The van der Waals surface area contributed by atoms with Gasteiger partial charge >= 0.3 is 0 Å². The largest absolute Gasteiger partial charge is 0.342 e. The summed E-state index contributed by atoms with van der Waals surface area (Å²) in [4.78, 5) is 7.99. The molecule has 0 aliphatic heterocycles. The summed E-state index contributed by atoms with van der Waals surface area (Å²) >= 11 is 0. The number of nitrogens with two attached hydrogens (primary N) is 1. The van der Waals surface area contributed by atoms with Crippen molar-refractivity contribution in [3.05, 3.63) is 29.6 Å². The molecule has 0 amide bonds. The molecule has 0 spiro atoms. The van der Waals surface area contributed by atoms with Crippen molar-refractivity contribution in [3.63, 3.8) is 0 Å². The average Bonchev–Trinajstić information content (AvgIpc) is 3.04. The Hall–Kier alpha value is -1.35. The molecule has 1 aliphatic carbocycles. The minimum Gasteiger partial charge on any atom is -0.342 e. The van der Waals surface area contributed by atoms with Crippen LogP contribution in [0.15, 0.2) is 18.2 Å². The lowest BCUT2D eigenvalue weighted by atomic mass is 9.96. The molecule has 1 saturated carbocycles. The van der Waals surface area contributed by atoms with Crippen LogP contribution in [0.1, 0.15) is 37.6 Å². The third kappa shape index (κ3) is 1.75. The number of nitrogens with one attached hydrogen (secondary N) is 1. The van der Waals surface area contributed by atoms with Crippen LogP contribution in [0.25, 0.3) is 11.0 Å². The lowest BCUT2D eigenvalue weighted by molar-refractivity contribution is 0.705. The van der Waals surface area contributed by atoms with E-state index in [1.807, 2.05) is 0 Å². The summed E-state index contributed by atoms with van der Waals surface area (Å²) in [7, 11) is 0. The fourth-order valence-electron chi connectivity index (χ4n) is 2.51. The van der Waals surface area contributed by atoms with Gasteiger partial charge in [-0.1, -0.05) is 13.0 Å². The van der Waals surface area contributed by atoms with Crippen molar-refractivity contribution < 1.29 is 0 Å². The van der Waals surface area contributed by atoms with E-state index in [2.05, 4.69) is 35.1 Å². The zero-order chi connectivity index (χ0) is 11.9. The Labute approximate surface area is 101 Å². The van der Waals surface area contributed by atoms with Crippen LogP contribution in [0.4, 0.5) is 0 Å². The number of imidazole rings is 1. The van der Waals surface area contributed by atoms with Crippen molar-refractivity contribution in [1.29, 1.82) is 0 Å². The smallest absolute Gasteiger partial charge is 0.107 e. The molecule has 3 nitrogen and oxygen atoms in total. The van der Waals surface area contributed by atoms with Crippen molar-refractivity contribution in [2.24, 2.45) is 5.73 Å². The van der Waals surface area contributed by atoms with Crippen LogP contribution >= 0.6 is 0 Å². The number of benzene rings is 1. The minimum atomic E-state index is 0.268. The molecule has 17 heavy (non-hydrogen) atoms. The van der Waals surface area contributed by atoms with Gasteiger partial charge in [-0.05, 0) is 37.0 Å². The molecular formula is C14H19N3. The molecule has 1 aliphatic rings. The van der Waals surface area contributed by atoms with Gasteiger partial charge in [0.15, 0.2) is 0 Å². The number of fused-ring (bicyclic) bond motifs is 1. The summed E-state index contributed by atoms with van der Waals surface area (Å²) in [6, 6.07) is 6.55. The Balaban J connectivity index is 2.01. The van der Waals surface area contributed by atoms with E-state index < -0.39 is 0 Å². The third-order valence-electron chi connectivity index (χ3n) is 3.87. The van der Waals surface area contributed by atoms with Crippen LogP contribution in [0, 0.1) is 0 Å². The van der Waals surface area contributed by atoms with E-state index in [9.17, 15) is 0 Å². The van der Waals surface area contributed by atoms with E-state index in [-0.39, 0.29) is 5.41 Å². The van der Waals surface area contributed by atoms with Gasteiger partial charge in [-0.2, -0.15) is 0 Å². The molecule has 0 unspecified atom stereocenters. The van der Waals surface area contributed by atoms with Gasteiger partial charge in [0.1, 0.15) is 5.82 Å². The fourth-order valence-corrected chi connectivity index (χ4v) is 2.51. The van der Waals surface area contributed by atoms with Gasteiger partial charge in [0, 0.05) is 18.4 Å². The van der Waals surface area contributed by atoms with Crippen molar-refractivity contribution in [2.75, 3.05) is 6.54 Å². The van der Waals surface area contributed by atoms with Gasteiger partial charge in [0.05, 0.1) is 11.0 Å². The first-order chi connectivity index (χ1) is 8.27. The normalized spacial score (nSPS) is 17.5. The second-order valence-corrected chi connectivity index (χ2v) is 5.15. The van der Waals surface area contributed by atoms with Crippen LogP contribution in [-0.2, 0) is 11.8 Å². The predicted octanol–water partition coefficient (Wildman–Crippen LogP) is 2.51. The summed E-state index contributed by atoms with van der Waals surface area (Å²) in [5.41, 5.74) is 9.75. The maximum absolute atomic E-state index is 5.87. The highest BCUT2D eigenvalue weighted by atomic mass is 14.9. The second-order valence-electron chi connectivity index (χ2n) is 5.15. The Morgan fingerprint density at radius 1 is 1.41 bits per heavy atom. The van der Waals surface area contributed by atoms with Crippen LogP contribution in [0.5, 0.6) is 0 Å².